The van der Waals surface area contributed by atoms with Crippen LogP contribution in [0.25, 0.3) is 0 Å². The summed E-state index contributed by atoms with van der Waals surface area (Å²) in [4.78, 5) is 18.5. The number of amidine groups is 1. The van der Waals surface area contributed by atoms with E-state index in [1.807, 2.05) is 42.5 Å². The summed E-state index contributed by atoms with van der Waals surface area (Å²) < 4.78 is 0. The number of carbonyl (C=O) groups excluding carboxylic acids is 1. The lowest BCUT2D eigenvalue weighted by Crippen LogP contribution is -2.44. The average Bonchev–Trinajstić information content (AvgIpc) is 2.84. The number of anilines is 1. The van der Waals surface area contributed by atoms with Crippen molar-refractivity contribution >= 4 is 17.4 Å². The monoisotopic (exact) mass is 411 g/mol. The van der Waals surface area contributed by atoms with Gasteiger partial charge in [0, 0.05) is 12.2 Å². The summed E-state index contributed by atoms with van der Waals surface area (Å²) in [6.45, 7) is 2.99. The molecule has 0 saturated carbocycles. The van der Waals surface area contributed by atoms with E-state index in [-0.39, 0.29) is 11.8 Å². The summed E-state index contributed by atoms with van der Waals surface area (Å²) in [6, 6.07) is 30.4. The van der Waals surface area contributed by atoms with Crippen LogP contribution in [-0.2, 0) is 10.3 Å². The van der Waals surface area contributed by atoms with Gasteiger partial charge in [-0.1, -0.05) is 85.8 Å². The molecule has 0 bridgehead atoms. The van der Waals surface area contributed by atoms with Gasteiger partial charge in [-0.2, -0.15) is 0 Å². The lowest BCUT2D eigenvalue weighted by atomic mass is 9.80. The van der Waals surface area contributed by atoms with Gasteiger partial charge in [0.25, 0.3) is 0 Å². The van der Waals surface area contributed by atoms with Crippen molar-refractivity contribution in [3.8, 4) is 0 Å². The Bertz CT molecular complexity index is 977. The van der Waals surface area contributed by atoms with E-state index in [0.717, 1.165) is 48.5 Å². The van der Waals surface area contributed by atoms with Gasteiger partial charge in [0.15, 0.2) is 0 Å². The molecule has 3 aromatic rings. The van der Waals surface area contributed by atoms with Crippen LogP contribution < -0.4 is 10.6 Å². The Morgan fingerprint density at radius 3 is 2.03 bits per heavy atom. The second kappa shape index (κ2) is 9.61. The zero-order valence-electron chi connectivity index (χ0n) is 17.9. The molecular formula is C27H29N3O. The van der Waals surface area contributed by atoms with Gasteiger partial charge in [0.1, 0.15) is 11.4 Å². The number of para-hydroxylation sites is 1. The smallest absolute Gasteiger partial charge is 0.235 e. The van der Waals surface area contributed by atoms with E-state index in [1.165, 1.54) is 0 Å². The van der Waals surface area contributed by atoms with Gasteiger partial charge < -0.3 is 10.6 Å². The normalized spacial score (nSPS) is 17.7. The molecule has 3 aromatic carbocycles. The van der Waals surface area contributed by atoms with E-state index in [2.05, 4.69) is 66.1 Å². The standard InChI is InChI=1S/C27H29N3O/c1-2-27(21-13-6-3-7-14-21,22-15-8-4-9-16-22)30-25-24(19-12-20-28-25)26(31)29-23-17-10-5-11-18-23/h3-11,13-18,24H,2,12,19-20H2,1H3,(H,28,30)(H,29,31). The third-order valence-corrected chi connectivity index (χ3v) is 5.99. The minimum atomic E-state index is -0.548. The van der Waals surface area contributed by atoms with Gasteiger partial charge in [-0.3, -0.25) is 9.79 Å². The lowest BCUT2D eigenvalue weighted by Gasteiger charge is -2.34. The minimum absolute atomic E-state index is 0.0109. The van der Waals surface area contributed by atoms with Crippen LogP contribution in [0.4, 0.5) is 5.69 Å². The second-order valence-electron chi connectivity index (χ2n) is 7.92. The molecule has 0 radical (unpaired) electrons. The molecule has 1 amide bonds. The summed E-state index contributed by atoms with van der Waals surface area (Å²) in [7, 11) is 0. The van der Waals surface area contributed by atoms with Crippen molar-refractivity contribution < 1.29 is 4.79 Å². The van der Waals surface area contributed by atoms with Crippen molar-refractivity contribution in [3.05, 3.63) is 102 Å². The summed E-state index contributed by atoms with van der Waals surface area (Å²) in [6.07, 6.45) is 2.52. The average molecular weight is 412 g/mol. The highest BCUT2D eigenvalue weighted by atomic mass is 16.1. The number of carbonyl (C=O) groups is 1. The number of benzene rings is 3. The first-order valence-electron chi connectivity index (χ1n) is 11.0. The van der Waals surface area contributed by atoms with E-state index in [1.54, 1.807) is 0 Å². The van der Waals surface area contributed by atoms with Gasteiger partial charge in [-0.25, -0.2) is 0 Å². The molecule has 0 aromatic heterocycles. The van der Waals surface area contributed by atoms with Crippen LogP contribution in [0.1, 0.15) is 37.3 Å². The van der Waals surface area contributed by atoms with Gasteiger partial charge in [-0.05, 0) is 42.5 Å². The fourth-order valence-corrected chi connectivity index (χ4v) is 4.32. The number of nitrogens with one attached hydrogen (secondary N) is 2. The molecule has 0 aliphatic carbocycles. The topological polar surface area (TPSA) is 53.5 Å². The van der Waals surface area contributed by atoms with Gasteiger partial charge in [0.05, 0.1) is 5.92 Å². The Balaban J connectivity index is 1.75. The van der Waals surface area contributed by atoms with Crippen molar-refractivity contribution in [3.63, 3.8) is 0 Å². The van der Waals surface area contributed by atoms with E-state index >= 15 is 0 Å². The molecule has 1 heterocycles. The molecule has 2 N–H and O–H groups in total. The third-order valence-electron chi connectivity index (χ3n) is 5.99. The number of rotatable bonds is 6. The van der Waals surface area contributed by atoms with E-state index < -0.39 is 5.54 Å². The number of piperidine rings is 1. The molecule has 1 saturated heterocycles. The maximum Gasteiger partial charge on any atom is 0.235 e. The number of aliphatic imine (C=N–C) groups is 1. The molecule has 4 nitrogen and oxygen atoms in total. The van der Waals surface area contributed by atoms with Crippen LogP contribution in [0, 0.1) is 5.92 Å². The Morgan fingerprint density at radius 1 is 0.935 bits per heavy atom. The molecular weight excluding hydrogens is 382 g/mol. The largest absolute Gasteiger partial charge is 0.373 e. The zero-order valence-corrected chi connectivity index (χ0v) is 17.9. The van der Waals surface area contributed by atoms with Crippen molar-refractivity contribution in [2.45, 2.75) is 31.7 Å². The van der Waals surface area contributed by atoms with Crippen molar-refractivity contribution in [1.82, 2.24) is 5.32 Å². The first-order valence-corrected chi connectivity index (χ1v) is 11.0. The van der Waals surface area contributed by atoms with Gasteiger partial charge >= 0.3 is 0 Å². The number of nitrogens with zero attached hydrogens (tertiary/aromatic N) is 1. The van der Waals surface area contributed by atoms with Crippen molar-refractivity contribution in [2.24, 2.45) is 10.9 Å². The van der Waals surface area contributed by atoms with E-state index in [4.69, 9.17) is 4.99 Å². The van der Waals surface area contributed by atoms with Crippen LogP contribution in [0.15, 0.2) is 96.0 Å². The predicted molar refractivity (Wildman–Crippen MR) is 127 cm³/mol. The summed E-state index contributed by atoms with van der Waals surface area (Å²) in [5.74, 6) is 0.463. The first kappa shape index (κ1) is 20.9. The fourth-order valence-electron chi connectivity index (χ4n) is 4.32. The molecule has 4 rings (SSSR count). The quantitative estimate of drug-likeness (QED) is 0.572. The summed E-state index contributed by atoms with van der Waals surface area (Å²) >= 11 is 0. The first-order chi connectivity index (χ1) is 15.2. The summed E-state index contributed by atoms with van der Waals surface area (Å²) in [5.41, 5.74) is 2.52. The molecule has 31 heavy (non-hydrogen) atoms. The number of hydrogen-bond acceptors (Lipinski definition) is 2. The van der Waals surface area contributed by atoms with Crippen molar-refractivity contribution in [2.75, 3.05) is 11.9 Å². The molecule has 1 atom stereocenters. The molecule has 1 fully saturated rings. The van der Waals surface area contributed by atoms with Crippen LogP contribution in [0.5, 0.6) is 0 Å². The highest BCUT2D eigenvalue weighted by Gasteiger charge is 2.36. The maximum absolute atomic E-state index is 13.2. The molecule has 158 valence electrons. The molecule has 4 heteroatoms. The predicted octanol–water partition coefficient (Wildman–Crippen LogP) is 5.38. The maximum atomic E-state index is 13.2. The Morgan fingerprint density at radius 2 is 1.48 bits per heavy atom. The molecule has 1 aliphatic heterocycles. The zero-order chi connectivity index (χ0) is 21.5. The van der Waals surface area contributed by atoms with E-state index in [9.17, 15) is 4.79 Å². The second-order valence-corrected chi connectivity index (χ2v) is 7.92. The van der Waals surface area contributed by atoms with Crippen LogP contribution in [0.3, 0.4) is 0 Å². The molecule has 1 aliphatic rings. The SMILES string of the molecule is CCC(/N=C1/NCCCC1C(=O)Nc1ccccc1)(c1ccccc1)c1ccccc1. The molecule has 0 spiro atoms. The van der Waals surface area contributed by atoms with Gasteiger partial charge in [-0.15, -0.1) is 0 Å². The van der Waals surface area contributed by atoms with Gasteiger partial charge in [0.2, 0.25) is 5.91 Å². The Kier molecular flexibility index (Phi) is 6.46. The van der Waals surface area contributed by atoms with Crippen molar-refractivity contribution in [1.29, 1.82) is 0 Å². The van der Waals surface area contributed by atoms with Crippen LogP contribution >= 0.6 is 0 Å². The highest BCUT2D eigenvalue weighted by Crippen LogP contribution is 2.38. The highest BCUT2D eigenvalue weighted by molar-refractivity contribution is 6.09. The number of amides is 1. The Labute approximate surface area is 184 Å². The Hall–Kier alpha value is -3.40. The fraction of sp³-hybridized carbons (Fsp3) is 0.259. The summed E-state index contributed by atoms with van der Waals surface area (Å²) in [5, 5.41) is 6.52. The van der Waals surface area contributed by atoms with E-state index in [0.29, 0.717) is 0 Å². The van der Waals surface area contributed by atoms with Crippen LogP contribution in [-0.4, -0.2) is 18.3 Å². The van der Waals surface area contributed by atoms with Crippen LogP contribution in [0.2, 0.25) is 0 Å². The minimum Gasteiger partial charge on any atom is -0.373 e. The molecule has 1 unspecified atom stereocenters. The lowest BCUT2D eigenvalue weighted by molar-refractivity contribution is -0.118. The number of hydrogen-bond donors (Lipinski definition) is 2. The third kappa shape index (κ3) is 4.53.